The molecule has 0 bridgehead atoms. The molecule has 12 heteroatoms. The van der Waals surface area contributed by atoms with Gasteiger partial charge >= 0.3 is 6.09 Å². The Bertz CT molecular complexity index is 1380. The molecule has 0 fully saturated rings. The number of aromatic nitrogens is 2. The van der Waals surface area contributed by atoms with Gasteiger partial charge in [0.25, 0.3) is 11.5 Å². The number of ether oxygens (including phenoxy) is 2. The molecule has 0 aliphatic carbocycles. The van der Waals surface area contributed by atoms with Gasteiger partial charge in [0, 0.05) is 31.0 Å². The molecule has 0 spiro atoms. The fraction of sp³-hybridized carbons (Fsp3) is 0.308. The average molecular weight is 549 g/mol. The van der Waals surface area contributed by atoms with E-state index in [0.717, 1.165) is 18.3 Å². The maximum Gasteiger partial charge on any atom is 0.408 e. The number of nitrogens with zero attached hydrogens (tertiary/aromatic N) is 1. The number of anilines is 1. The van der Waals surface area contributed by atoms with Crippen LogP contribution in [0.2, 0.25) is 5.02 Å². The summed E-state index contributed by atoms with van der Waals surface area (Å²) in [6, 6.07) is 6.47. The number of carbonyl (C=O) groups is 2. The van der Waals surface area contributed by atoms with Crippen molar-refractivity contribution in [3.8, 4) is 0 Å². The Kier molecular flexibility index (Phi) is 9.18. The van der Waals surface area contributed by atoms with Crippen LogP contribution in [-0.2, 0) is 14.3 Å². The number of rotatable bonds is 8. The Balaban J connectivity index is 1.92. The second-order valence-corrected chi connectivity index (χ2v) is 9.73. The van der Waals surface area contributed by atoms with E-state index >= 15 is 0 Å². The van der Waals surface area contributed by atoms with Crippen molar-refractivity contribution in [1.29, 1.82) is 0 Å². The largest absolute Gasteiger partial charge is 0.444 e. The van der Waals surface area contributed by atoms with Gasteiger partial charge in [-0.1, -0.05) is 17.7 Å². The predicted octanol–water partition coefficient (Wildman–Crippen LogP) is 4.68. The fourth-order valence-corrected chi connectivity index (χ4v) is 3.80. The van der Waals surface area contributed by atoms with E-state index in [2.05, 4.69) is 20.6 Å². The summed E-state index contributed by atoms with van der Waals surface area (Å²) in [6.45, 7) is 5.02. The molecule has 9 nitrogen and oxygen atoms in total. The third kappa shape index (κ3) is 7.59. The number of nitrogens with one attached hydrogen (secondary N) is 3. The van der Waals surface area contributed by atoms with E-state index in [1.807, 2.05) is 0 Å². The number of aromatic amines is 1. The van der Waals surface area contributed by atoms with Crippen molar-refractivity contribution in [3.63, 3.8) is 0 Å². The molecule has 0 aliphatic heterocycles. The van der Waals surface area contributed by atoms with E-state index in [0.29, 0.717) is 5.56 Å². The van der Waals surface area contributed by atoms with Gasteiger partial charge in [-0.05, 0) is 62.2 Å². The number of benzene rings is 1. The lowest BCUT2D eigenvalue weighted by atomic mass is 9.93. The summed E-state index contributed by atoms with van der Waals surface area (Å²) in [6.07, 6.45) is 1.46. The summed E-state index contributed by atoms with van der Waals surface area (Å²) in [4.78, 5) is 44.6. The van der Waals surface area contributed by atoms with Crippen LogP contribution in [0.1, 0.15) is 49.4 Å². The van der Waals surface area contributed by atoms with Crippen molar-refractivity contribution < 1.29 is 27.8 Å². The van der Waals surface area contributed by atoms with Crippen LogP contribution in [0.5, 0.6) is 0 Å². The Labute approximate surface area is 222 Å². The summed E-state index contributed by atoms with van der Waals surface area (Å²) >= 11 is 5.90. The maximum absolute atomic E-state index is 13.9. The van der Waals surface area contributed by atoms with Crippen LogP contribution in [0.3, 0.4) is 0 Å². The third-order valence-corrected chi connectivity index (χ3v) is 5.53. The van der Waals surface area contributed by atoms with Gasteiger partial charge in [-0.15, -0.1) is 0 Å². The van der Waals surface area contributed by atoms with Crippen LogP contribution in [0.25, 0.3) is 0 Å². The average Bonchev–Trinajstić information content (AvgIpc) is 2.83. The first-order valence-electron chi connectivity index (χ1n) is 11.5. The normalized spacial score (nSPS) is 12.9. The monoisotopic (exact) mass is 548 g/mol. The quantitative estimate of drug-likeness (QED) is 0.375. The molecule has 3 rings (SSSR count). The smallest absolute Gasteiger partial charge is 0.408 e. The topological polar surface area (TPSA) is 122 Å². The first-order chi connectivity index (χ1) is 17.9. The van der Waals surface area contributed by atoms with Crippen molar-refractivity contribution in [2.75, 3.05) is 19.0 Å². The number of alkyl carbamates (subject to hydrolysis) is 1. The minimum atomic E-state index is -1.32. The zero-order valence-corrected chi connectivity index (χ0v) is 21.9. The highest BCUT2D eigenvalue weighted by Gasteiger charge is 2.27. The number of pyridine rings is 2. The molecular formula is C26H27ClF2N4O5. The van der Waals surface area contributed by atoms with E-state index in [4.69, 9.17) is 21.1 Å². The minimum absolute atomic E-state index is 0.0425. The highest BCUT2D eigenvalue weighted by atomic mass is 35.5. The molecule has 0 saturated heterocycles. The van der Waals surface area contributed by atoms with Gasteiger partial charge in [-0.25, -0.2) is 18.6 Å². The second-order valence-electron chi connectivity index (χ2n) is 9.33. The molecule has 202 valence electrons. The molecule has 0 aliphatic rings. The Morgan fingerprint density at radius 1 is 1.13 bits per heavy atom. The van der Waals surface area contributed by atoms with Crippen molar-refractivity contribution in [2.24, 2.45) is 0 Å². The van der Waals surface area contributed by atoms with Crippen LogP contribution in [0.4, 0.5) is 19.4 Å². The highest BCUT2D eigenvalue weighted by Crippen LogP contribution is 2.26. The summed E-state index contributed by atoms with van der Waals surface area (Å²) in [5.41, 5.74) is -0.507. The fourth-order valence-electron chi connectivity index (χ4n) is 3.61. The molecule has 2 amide bonds. The number of carbonyl (C=O) groups excluding carboxylic acids is 2. The Morgan fingerprint density at radius 3 is 2.53 bits per heavy atom. The van der Waals surface area contributed by atoms with E-state index in [1.54, 1.807) is 26.8 Å². The molecule has 38 heavy (non-hydrogen) atoms. The van der Waals surface area contributed by atoms with Crippen LogP contribution < -0.4 is 16.2 Å². The van der Waals surface area contributed by atoms with Gasteiger partial charge in [0.2, 0.25) is 0 Å². The Morgan fingerprint density at radius 2 is 1.87 bits per heavy atom. The summed E-state index contributed by atoms with van der Waals surface area (Å²) in [7, 11) is 1.44. The van der Waals surface area contributed by atoms with Gasteiger partial charge in [0.05, 0.1) is 11.6 Å². The summed E-state index contributed by atoms with van der Waals surface area (Å²) in [5.74, 6) is -2.65. The van der Waals surface area contributed by atoms with Crippen molar-refractivity contribution >= 4 is 29.4 Å². The van der Waals surface area contributed by atoms with Crippen LogP contribution in [0, 0.1) is 11.6 Å². The van der Waals surface area contributed by atoms with E-state index in [9.17, 15) is 23.2 Å². The van der Waals surface area contributed by atoms with Crippen LogP contribution >= 0.6 is 11.6 Å². The standard InChI is InChI=1S/C26H27ClF2N4O5/c1-26(2,3)38-25(36)33-22(15-5-6-20(29)19(27)9-15)24(35)32-21-10-14(7-8-30-21)18(13-37-4)17-11-16(28)12-31-23(17)34/h5-12,18,22H,13H2,1-4H3,(H,31,34)(H,33,36)(H,30,32,35)/t18-,22+/m1/s1. The number of H-pyrrole nitrogens is 1. The lowest BCUT2D eigenvalue weighted by Crippen LogP contribution is -2.40. The molecule has 0 radical (unpaired) electrons. The third-order valence-electron chi connectivity index (χ3n) is 5.24. The lowest BCUT2D eigenvalue weighted by Gasteiger charge is -2.24. The van der Waals surface area contributed by atoms with Crippen molar-refractivity contribution in [3.05, 3.63) is 92.5 Å². The van der Waals surface area contributed by atoms with E-state index in [-0.39, 0.29) is 28.6 Å². The van der Waals surface area contributed by atoms with Crippen LogP contribution in [-0.4, -0.2) is 41.3 Å². The first kappa shape index (κ1) is 28.7. The first-order valence-corrected chi connectivity index (χ1v) is 11.8. The zero-order valence-electron chi connectivity index (χ0n) is 21.1. The van der Waals surface area contributed by atoms with Gasteiger partial charge in [-0.2, -0.15) is 0 Å². The van der Waals surface area contributed by atoms with E-state index in [1.165, 1.54) is 31.5 Å². The minimum Gasteiger partial charge on any atom is -0.444 e. The number of hydrogen-bond acceptors (Lipinski definition) is 6. The second kappa shape index (κ2) is 12.1. The summed E-state index contributed by atoms with van der Waals surface area (Å²) in [5, 5.41) is 4.82. The molecule has 2 heterocycles. The lowest BCUT2D eigenvalue weighted by molar-refractivity contribution is -0.118. The Hall–Kier alpha value is -3.83. The predicted molar refractivity (Wildman–Crippen MR) is 137 cm³/mol. The number of hydrogen-bond donors (Lipinski definition) is 3. The van der Waals surface area contributed by atoms with Gasteiger partial charge < -0.3 is 25.1 Å². The highest BCUT2D eigenvalue weighted by molar-refractivity contribution is 6.30. The molecule has 0 saturated carbocycles. The van der Waals surface area contributed by atoms with E-state index < -0.39 is 46.8 Å². The molecule has 0 unspecified atom stereocenters. The zero-order chi connectivity index (χ0) is 28.0. The van der Waals surface area contributed by atoms with Gasteiger partial charge in [0.1, 0.15) is 29.1 Å². The van der Waals surface area contributed by atoms with Gasteiger partial charge in [-0.3, -0.25) is 9.59 Å². The summed E-state index contributed by atoms with van der Waals surface area (Å²) < 4.78 is 38.1. The van der Waals surface area contributed by atoms with Crippen molar-refractivity contribution in [2.45, 2.75) is 38.3 Å². The molecule has 1 aromatic carbocycles. The molecular weight excluding hydrogens is 522 g/mol. The SMILES string of the molecule is COC[C@H](c1ccnc(NC(=O)[C@@H](NC(=O)OC(C)(C)C)c2ccc(F)c(Cl)c2)c1)c1cc(F)c[nH]c1=O. The molecule has 2 aromatic heterocycles. The number of halogens is 3. The van der Waals surface area contributed by atoms with Crippen LogP contribution in [0.15, 0.2) is 53.6 Å². The number of amides is 2. The molecule has 3 N–H and O–H groups in total. The number of methoxy groups -OCH3 is 1. The maximum atomic E-state index is 13.9. The van der Waals surface area contributed by atoms with Crippen molar-refractivity contribution in [1.82, 2.24) is 15.3 Å². The molecule has 2 atom stereocenters. The molecule has 3 aromatic rings. The van der Waals surface area contributed by atoms with Gasteiger partial charge in [0.15, 0.2) is 0 Å².